The number of ether oxygens (including phenoxy) is 2. The highest BCUT2D eigenvalue weighted by molar-refractivity contribution is 4.61. The quantitative estimate of drug-likeness (QED) is 0.492. The first-order chi connectivity index (χ1) is 9.24. The van der Waals surface area contributed by atoms with E-state index in [1.54, 1.807) is 0 Å². The summed E-state index contributed by atoms with van der Waals surface area (Å²) >= 11 is 0. The molecule has 0 saturated heterocycles. The van der Waals surface area contributed by atoms with Crippen LogP contribution in [0.15, 0.2) is 0 Å². The van der Waals surface area contributed by atoms with Crippen LogP contribution in [0.25, 0.3) is 0 Å². The zero-order valence-electron chi connectivity index (χ0n) is 13.4. The second kappa shape index (κ2) is 14.3. The summed E-state index contributed by atoms with van der Waals surface area (Å²) in [4.78, 5) is 2.45. The van der Waals surface area contributed by atoms with Crippen LogP contribution in [-0.4, -0.2) is 64.1 Å². The van der Waals surface area contributed by atoms with E-state index in [1.165, 1.54) is 19.3 Å². The Labute approximate surface area is 119 Å². The summed E-state index contributed by atoms with van der Waals surface area (Å²) < 4.78 is 10.9. The van der Waals surface area contributed by atoms with Gasteiger partial charge in [-0.2, -0.15) is 0 Å². The molecule has 0 rings (SSSR count). The fourth-order valence-corrected chi connectivity index (χ4v) is 1.94. The molecule has 0 aromatic heterocycles. The predicted octanol–water partition coefficient (Wildman–Crippen LogP) is 2.14. The van der Waals surface area contributed by atoms with Gasteiger partial charge in [-0.1, -0.05) is 6.42 Å². The average Bonchev–Trinajstić information content (AvgIpc) is 2.43. The lowest BCUT2D eigenvalue weighted by atomic mass is 10.1. The van der Waals surface area contributed by atoms with Crippen LogP contribution < -0.4 is 5.32 Å². The molecule has 1 N–H and O–H groups in total. The van der Waals surface area contributed by atoms with E-state index < -0.39 is 0 Å². The molecule has 0 heterocycles. The van der Waals surface area contributed by atoms with Crippen molar-refractivity contribution < 1.29 is 9.47 Å². The van der Waals surface area contributed by atoms with Gasteiger partial charge in [0.2, 0.25) is 0 Å². The molecule has 19 heavy (non-hydrogen) atoms. The molecule has 0 aliphatic carbocycles. The van der Waals surface area contributed by atoms with Crippen molar-refractivity contribution in [2.24, 2.45) is 0 Å². The van der Waals surface area contributed by atoms with Gasteiger partial charge >= 0.3 is 0 Å². The van der Waals surface area contributed by atoms with Gasteiger partial charge in [0.1, 0.15) is 0 Å². The molecule has 0 aromatic rings. The fourth-order valence-electron chi connectivity index (χ4n) is 1.94. The predicted molar refractivity (Wildman–Crippen MR) is 81.8 cm³/mol. The third-order valence-electron chi connectivity index (χ3n) is 3.37. The van der Waals surface area contributed by atoms with Gasteiger partial charge in [0.25, 0.3) is 0 Å². The van der Waals surface area contributed by atoms with E-state index in [4.69, 9.17) is 9.47 Å². The molecule has 0 aliphatic rings. The van der Waals surface area contributed by atoms with Crippen LogP contribution in [0.4, 0.5) is 0 Å². The highest BCUT2D eigenvalue weighted by Crippen LogP contribution is 2.02. The second-order valence-electron chi connectivity index (χ2n) is 4.92. The van der Waals surface area contributed by atoms with Gasteiger partial charge in [0.05, 0.1) is 13.2 Å². The maximum Gasteiger partial charge on any atom is 0.0593 e. The standard InChI is InChI=1S/C15H34N2O2/c1-5-18-13-11-17(12-14-19-6-2)10-8-7-9-15(3)16-4/h15-16H,5-14H2,1-4H3. The summed E-state index contributed by atoms with van der Waals surface area (Å²) in [7, 11) is 2.03. The van der Waals surface area contributed by atoms with Crippen molar-refractivity contribution >= 4 is 0 Å². The molecule has 0 saturated carbocycles. The molecular formula is C15H34N2O2. The zero-order valence-corrected chi connectivity index (χ0v) is 13.4. The van der Waals surface area contributed by atoms with Crippen LogP contribution in [0.1, 0.15) is 40.0 Å². The van der Waals surface area contributed by atoms with Gasteiger partial charge < -0.3 is 14.8 Å². The van der Waals surface area contributed by atoms with E-state index >= 15 is 0 Å². The monoisotopic (exact) mass is 274 g/mol. The number of nitrogens with one attached hydrogen (secondary N) is 1. The van der Waals surface area contributed by atoms with Gasteiger partial charge in [0.15, 0.2) is 0 Å². The van der Waals surface area contributed by atoms with E-state index in [1.807, 2.05) is 20.9 Å². The van der Waals surface area contributed by atoms with Crippen LogP contribution in [-0.2, 0) is 9.47 Å². The summed E-state index contributed by atoms with van der Waals surface area (Å²) in [5.41, 5.74) is 0. The normalized spacial score (nSPS) is 13.1. The van der Waals surface area contributed by atoms with E-state index in [2.05, 4.69) is 17.1 Å². The third kappa shape index (κ3) is 12.6. The minimum absolute atomic E-state index is 0.625. The number of hydrogen-bond acceptors (Lipinski definition) is 4. The van der Waals surface area contributed by atoms with Gasteiger partial charge in [-0.3, -0.25) is 4.90 Å². The average molecular weight is 274 g/mol. The summed E-state index contributed by atoms with van der Waals surface area (Å²) in [6, 6.07) is 0.625. The molecule has 4 nitrogen and oxygen atoms in total. The Bertz CT molecular complexity index is 170. The van der Waals surface area contributed by atoms with E-state index in [9.17, 15) is 0 Å². The van der Waals surface area contributed by atoms with Crippen LogP contribution >= 0.6 is 0 Å². The Morgan fingerprint density at radius 2 is 1.53 bits per heavy atom. The lowest BCUT2D eigenvalue weighted by molar-refractivity contribution is 0.0819. The number of unbranched alkanes of at least 4 members (excludes halogenated alkanes) is 1. The van der Waals surface area contributed by atoms with Crippen LogP contribution in [0.5, 0.6) is 0 Å². The van der Waals surface area contributed by atoms with Gasteiger partial charge in [-0.15, -0.1) is 0 Å². The van der Waals surface area contributed by atoms with Crippen molar-refractivity contribution in [1.82, 2.24) is 10.2 Å². The number of rotatable bonds is 14. The van der Waals surface area contributed by atoms with Crippen molar-refractivity contribution in [1.29, 1.82) is 0 Å². The first-order valence-corrected chi connectivity index (χ1v) is 7.79. The summed E-state index contributed by atoms with van der Waals surface area (Å²) in [6.07, 6.45) is 3.79. The molecule has 0 radical (unpaired) electrons. The number of nitrogens with zero attached hydrogens (tertiary/aromatic N) is 1. The van der Waals surface area contributed by atoms with E-state index in [-0.39, 0.29) is 0 Å². The van der Waals surface area contributed by atoms with Gasteiger partial charge in [0, 0.05) is 32.3 Å². The second-order valence-corrected chi connectivity index (χ2v) is 4.92. The highest BCUT2D eigenvalue weighted by Gasteiger charge is 2.05. The first-order valence-electron chi connectivity index (χ1n) is 7.79. The topological polar surface area (TPSA) is 33.7 Å². The lowest BCUT2D eigenvalue weighted by Crippen LogP contribution is -2.32. The first kappa shape index (κ1) is 18.8. The molecule has 0 amide bonds. The zero-order chi connectivity index (χ0) is 14.3. The van der Waals surface area contributed by atoms with Crippen LogP contribution in [0.3, 0.4) is 0 Å². The lowest BCUT2D eigenvalue weighted by Gasteiger charge is -2.22. The van der Waals surface area contributed by atoms with E-state index in [0.717, 1.165) is 46.1 Å². The molecule has 116 valence electrons. The fraction of sp³-hybridized carbons (Fsp3) is 1.00. The summed E-state index contributed by atoms with van der Waals surface area (Å²) in [5.74, 6) is 0. The highest BCUT2D eigenvalue weighted by atomic mass is 16.5. The van der Waals surface area contributed by atoms with Crippen molar-refractivity contribution in [2.75, 3.05) is 53.1 Å². The molecule has 0 fully saturated rings. The maximum atomic E-state index is 5.44. The molecular weight excluding hydrogens is 240 g/mol. The SMILES string of the molecule is CCOCCN(CCCCC(C)NC)CCOCC. The minimum Gasteiger partial charge on any atom is -0.380 e. The smallest absolute Gasteiger partial charge is 0.0593 e. The molecule has 1 atom stereocenters. The molecule has 4 heteroatoms. The van der Waals surface area contributed by atoms with Gasteiger partial charge in [-0.05, 0) is 47.2 Å². The van der Waals surface area contributed by atoms with Crippen molar-refractivity contribution in [3.05, 3.63) is 0 Å². The molecule has 0 bridgehead atoms. The summed E-state index contributed by atoms with van der Waals surface area (Å²) in [5, 5.41) is 3.28. The van der Waals surface area contributed by atoms with Crippen molar-refractivity contribution in [2.45, 2.75) is 46.1 Å². The maximum absolute atomic E-state index is 5.44. The van der Waals surface area contributed by atoms with E-state index in [0.29, 0.717) is 6.04 Å². The molecule has 0 aliphatic heterocycles. The van der Waals surface area contributed by atoms with Crippen LogP contribution in [0.2, 0.25) is 0 Å². The van der Waals surface area contributed by atoms with Gasteiger partial charge in [-0.25, -0.2) is 0 Å². The minimum atomic E-state index is 0.625. The van der Waals surface area contributed by atoms with Crippen molar-refractivity contribution in [3.63, 3.8) is 0 Å². The van der Waals surface area contributed by atoms with Crippen molar-refractivity contribution in [3.8, 4) is 0 Å². The Kier molecular flexibility index (Phi) is 14.1. The Morgan fingerprint density at radius 3 is 2.00 bits per heavy atom. The Morgan fingerprint density at radius 1 is 0.947 bits per heavy atom. The third-order valence-corrected chi connectivity index (χ3v) is 3.37. The summed E-state index contributed by atoms with van der Waals surface area (Å²) in [6.45, 7) is 12.8. The molecule has 0 aromatic carbocycles. The van der Waals surface area contributed by atoms with Crippen LogP contribution in [0, 0.1) is 0 Å². The Hall–Kier alpha value is -0.160. The Balaban J connectivity index is 3.70. The largest absolute Gasteiger partial charge is 0.380 e. The molecule has 0 spiro atoms. The molecule has 1 unspecified atom stereocenters. The number of hydrogen-bond donors (Lipinski definition) is 1.